The minimum atomic E-state index is -1.04. The molecule has 0 aliphatic heterocycles. The molecule has 7 heteroatoms. The van der Waals surface area contributed by atoms with Gasteiger partial charge in [-0.2, -0.15) is 0 Å². The van der Waals surface area contributed by atoms with Crippen LogP contribution in [-0.2, 0) is 11.3 Å². The molecule has 0 atom stereocenters. The fraction of sp³-hybridized carbons (Fsp3) is 0.0667. The van der Waals surface area contributed by atoms with E-state index in [1.54, 1.807) is 16.7 Å². The van der Waals surface area contributed by atoms with E-state index in [0.717, 1.165) is 22.0 Å². The molecule has 0 unspecified atom stereocenters. The van der Waals surface area contributed by atoms with Crippen LogP contribution in [0.2, 0.25) is 0 Å². The van der Waals surface area contributed by atoms with Crippen LogP contribution >= 0.6 is 22.7 Å². The lowest BCUT2D eigenvalue weighted by Crippen LogP contribution is -2.10. The number of halogens is 2. The maximum Gasteiger partial charge on any atom is 0.344 e. The molecule has 112 valence electrons. The van der Waals surface area contributed by atoms with Gasteiger partial charge < -0.3 is 4.74 Å². The fourth-order valence-corrected chi connectivity index (χ4v) is 3.41. The number of aromatic nitrogens is 1. The van der Waals surface area contributed by atoms with Gasteiger partial charge in [0.15, 0.2) is 0 Å². The second-order valence-electron chi connectivity index (χ2n) is 4.29. The Morgan fingerprint density at radius 1 is 1.14 bits per heavy atom. The number of carbonyl (C=O) groups is 1. The van der Waals surface area contributed by atoms with E-state index in [-0.39, 0.29) is 6.61 Å². The second kappa shape index (κ2) is 6.33. The minimum absolute atomic E-state index is 0.130. The van der Waals surface area contributed by atoms with E-state index >= 15 is 0 Å². The van der Waals surface area contributed by atoms with E-state index in [1.807, 2.05) is 17.5 Å². The average Bonchev–Trinajstić information content (AvgIpc) is 3.16. The van der Waals surface area contributed by atoms with E-state index in [0.29, 0.717) is 5.69 Å². The predicted octanol–water partition coefficient (Wildman–Crippen LogP) is 4.51. The molecule has 1 aromatic carbocycles. The number of hydrogen-bond donors (Lipinski definition) is 0. The van der Waals surface area contributed by atoms with Gasteiger partial charge in [0.2, 0.25) is 0 Å². The highest BCUT2D eigenvalue weighted by molar-refractivity contribution is 7.20. The summed E-state index contributed by atoms with van der Waals surface area (Å²) in [5.74, 6) is -2.92. The Balaban J connectivity index is 1.69. The zero-order chi connectivity index (χ0) is 15.5. The van der Waals surface area contributed by atoms with Gasteiger partial charge in [0.05, 0.1) is 10.6 Å². The third-order valence-electron chi connectivity index (χ3n) is 2.80. The molecule has 0 saturated heterocycles. The molecule has 0 amide bonds. The quantitative estimate of drug-likeness (QED) is 0.658. The number of thiazole rings is 1. The molecular weight excluding hydrogens is 328 g/mol. The molecule has 3 nitrogen and oxygen atoms in total. The Morgan fingerprint density at radius 2 is 1.91 bits per heavy atom. The topological polar surface area (TPSA) is 39.2 Å². The molecule has 0 radical (unpaired) electrons. The summed E-state index contributed by atoms with van der Waals surface area (Å²) in [7, 11) is 0. The van der Waals surface area contributed by atoms with Crippen LogP contribution in [-0.4, -0.2) is 11.0 Å². The smallest absolute Gasteiger partial charge is 0.344 e. The summed E-state index contributed by atoms with van der Waals surface area (Å²) in [6.07, 6.45) is 0. The first kappa shape index (κ1) is 14.8. The third-order valence-corrected chi connectivity index (χ3v) is 4.73. The Bertz CT molecular complexity index is 779. The first-order chi connectivity index (χ1) is 10.6. The molecule has 0 fully saturated rings. The van der Waals surface area contributed by atoms with Crippen molar-refractivity contribution in [2.75, 3.05) is 0 Å². The first-order valence-electron chi connectivity index (χ1n) is 6.24. The fourth-order valence-electron chi connectivity index (χ4n) is 1.79. The maximum absolute atomic E-state index is 13.5. The van der Waals surface area contributed by atoms with Gasteiger partial charge in [0.25, 0.3) is 0 Å². The lowest BCUT2D eigenvalue weighted by molar-refractivity contribution is 0.0457. The third kappa shape index (κ3) is 3.05. The normalized spacial score (nSPS) is 10.6. The van der Waals surface area contributed by atoms with E-state index in [4.69, 9.17) is 4.74 Å². The van der Waals surface area contributed by atoms with Crippen LogP contribution in [0.4, 0.5) is 8.78 Å². The highest BCUT2D eigenvalue weighted by atomic mass is 32.1. The molecule has 3 aromatic rings. The molecule has 0 bridgehead atoms. The molecule has 2 heterocycles. The van der Waals surface area contributed by atoms with Crippen LogP contribution in [0.1, 0.15) is 16.1 Å². The van der Waals surface area contributed by atoms with E-state index in [9.17, 15) is 13.6 Å². The number of esters is 1. The predicted molar refractivity (Wildman–Crippen MR) is 80.9 cm³/mol. The number of benzene rings is 1. The first-order valence-corrected chi connectivity index (χ1v) is 8.00. The van der Waals surface area contributed by atoms with Crippen molar-refractivity contribution in [2.45, 2.75) is 6.61 Å². The molecule has 0 N–H and O–H groups in total. The highest BCUT2D eigenvalue weighted by Crippen LogP contribution is 2.28. The van der Waals surface area contributed by atoms with Gasteiger partial charge in [-0.15, -0.1) is 22.7 Å². The van der Waals surface area contributed by atoms with Gasteiger partial charge in [0, 0.05) is 5.38 Å². The average molecular weight is 337 g/mol. The van der Waals surface area contributed by atoms with Gasteiger partial charge in [-0.3, -0.25) is 0 Å². The van der Waals surface area contributed by atoms with Gasteiger partial charge in [-0.1, -0.05) is 12.1 Å². The summed E-state index contributed by atoms with van der Waals surface area (Å²) in [5.41, 5.74) is -0.144. The van der Waals surface area contributed by atoms with Crippen molar-refractivity contribution >= 4 is 28.6 Å². The summed E-state index contributed by atoms with van der Waals surface area (Å²) in [6, 6.07) is 7.07. The minimum Gasteiger partial charge on any atom is -0.455 e. The second-order valence-corrected chi connectivity index (χ2v) is 6.10. The number of nitrogens with zero attached hydrogens (tertiary/aromatic N) is 1. The SMILES string of the molecule is O=C(OCc1csc(-c2cccs2)n1)c1c(F)cccc1F. The van der Waals surface area contributed by atoms with Gasteiger partial charge >= 0.3 is 5.97 Å². The number of thiophene rings is 1. The molecule has 0 aliphatic rings. The van der Waals surface area contributed by atoms with Crippen molar-refractivity contribution in [1.82, 2.24) is 4.98 Å². The molecule has 22 heavy (non-hydrogen) atoms. The number of hydrogen-bond acceptors (Lipinski definition) is 5. The summed E-state index contributed by atoms with van der Waals surface area (Å²) in [5, 5.41) is 4.51. The summed E-state index contributed by atoms with van der Waals surface area (Å²) < 4.78 is 31.9. The van der Waals surface area contributed by atoms with Crippen LogP contribution in [0.3, 0.4) is 0 Å². The van der Waals surface area contributed by atoms with Crippen LogP contribution < -0.4 is 0 Å². The Kier molecular flexibility index (Phi) is 4.26. The molecule has 2 aromatic heterocycles. The standard InChI is InChI=1S/C15H9F2NO2S2/c16-10-3-1-4-11(17)13(10)15(19)20-7-9-8-22-14(18-9)12-5-2-6-21-12/h1-6,8H,7H2. The monoisotopic (exact) mass is 337 g/mol. The summed E-state index contributed by atoms with van der Waals surface area (Å²) in [4.78, 5) is 17.1. The maximum atomic E-state index is 13.5. The van der Waals surface area contributed by atoms with Crippen molar-refractivity contribution < 1.29 is 18.3 Å². The lowest BCUT2D eigenvalue weighted by Gasteiger charge is -2.04. The summed E-state index contributed by atoms with van der Waals surface area (Å²) >= 11 is 2.98. The zero-order valence-electron chi connectivity index (χ0n) is 11.1. The zero-order valence-corrected chi connectivity index (χ0v) is 12.7. The van der Waals surface area contributed by atoms with Crippen LogP contribution in [0, 0.1) is 11.6 Å². The molecule has 0 aliphatic carbocycles. The van der Waals surface area contributed by atoms with E-state index in [2.05, 4.69) is 4.98 Å². The number of ether oxygens (including phenoxy) is 1. The Labute approximate surface area is 132 Å². The molecule has 0 saturated carbocycles. The molecular formula is C15H9F2NO2S2. The van der Waals surface area contributed by atoms with Crippen LogP contribution in [0.5, 0.6) is 0 Å². The lowest BCUT2D eigenvalue weighted by atomic mass is 10.2. The molecule has 3 rings (SSSR count). The Hall–Kier alpha value is -2.12. The van der Waals surface area contributed by atoms with Crippen molar-refractivity contribution in [1.29, 1.82) is 0 Å². The molecule has 0 spiro atoms. The number of carbonyl (C=O) groups excluding carboxylic acids is 1. The van der Waals surface area contributed by atoms with Gasteiger partial charge in [0.1, 0.15) is 28.8 Å². The van der Waals surface area contributed by atoms with Crippen LogP contribution in [0.25, 0.3) is 9.88 Å². The number of rotatable bonds is 4. The Morgan fingerprint density at radius 3 is 2.59 bits per heavy atom. The van der Waals surface area contributed by atoms with E-state index in [1.165, 1.54) is 17.4 Å². The summed E-state index contributed by atoms with van der Waals surface area (Å²) in [6.45, 7) is -0.130. The van der Waals surface area contributed by atoms with Crippen molar-refractivity contribution in [3.05, 3.63) is 64.0 Å². The van der Waals surface area contributed by atoms with Crippen molar-refractivity contribution in [2.24, 2.45) is 0 Å². The largest absolute Gasteiger partial charge is 0.455 e. The highest BCUT2D eigenvalue weighted by Gasteiger charge is 2.19. The van der Waals surface area contributed by atoms with Crippen LogP contribution in [0.15, 0.2) is 41.1 Å². The van der Waals surface area contributed by atoms with Gasteiger partial charge in [-0.25, -0.2) is 18.6 Å². The van der Waals surface area contributed by atoms with Crippen molar-refractivity contribution in [3.63, 3.8) is 0 Å². The van der Waals surface area contributed by atoms with Gasteiger partial charge in [-0.05, 0) is 23.6 Å². The van der Waals surface area contributed by atoms with Crippen molar-refractivity contribution in [3.8, 4) is 9.88 Å². The van der Waals surface area contributed by atoms with E-state index < -0.39 is 23.2 Å².